The monoisotopic (exact) mass is 117 g/mol. The van der Waals surface area contributed by atoms with Crippen LogP contribution in [-0.4, -0.2) is 5.97 Å². The fourth-order valence-electron chi connectivity index (χ4n) is 0.0757. The number of hydrogen-bond acceptors (Lipinski definition) is 3. The van der Waals surface area contributed by atoms with Gasteiger partial charge in [0.2, 0.25) is 0 Å². The van der Waals surface area contributed by atoms with Gasteiger partial charge in [0.1, 0.15) is 5.28 Å². The van der Waals surface area contributed by atoms with Crippen LogP contribution in [0.1, 0.15) is 14.4 Å². The quantitative estimate of drug-likeness (QED) is 0.225. The maximum absolute atomic E-state index is 9.72. The third-order valence-corrected chi connectivity index (χ3v) is 0.206. The molecular weight excluding hydrogens is 110 g/mol. The number of carbonyl (C=O) groups excluding carboxylic acids is 1. The Labute approximate surface area is 46.8 Å². The molecule has 0 rings (SSSR count). The summed E-state index contributed by atoms with van der Waals surface area (Å²) in [7, 11) is 0. The Bertz CT molecular complexity index is 116. The fraction of sp³-hybridized carbons (Fsp3) is 0.667. The van der Waals surface area contributed by atoms with E-state index in [1.807, 2.05) is 0 Å². The number of azide groups is 1. The maximum atomic E-state index is 9.72. The molecule has 0 aromatic heterocycles. The standard InChI is InChI=1S/C2H3N3O2.CH4/c1-2(6)7-5-4-3;/h1H3;1H4. The van der Waals surface area contributed by atoms with Gasteiger partial charge in [-0.1, -0.05) is 7.43 Å². The molecule has 0 atom stereocenters. The Morgan fingerprint density at radius 1 is 1.88 bits per heavy atom. The normalized spacial score (nSPS) is 5.62. The first-order chi connectivity index (χ1) is 3.27. The molecule has 0 aliphatic carbocycles. The summed E-state index contributed by atoms with van der Waals surface area (Å²) in [5.74, 6) is -0.613. The molecule has 0 N–H and O–H groups in total. The molecule has 0 heterocycles. The number of nitrogens with zero attached hydrogens (tertiary/aromatic N) is 3. The average Bonchev–Trinajstić information content (AvgIpc) is 1.61. The van der Waals surface area contributed by atoms with Crippen LogP contribution in [0.2, 0.25) is 0 Å². The predicted octanol–water partition coefficient (Wildman–Crippen LogP) is 1.41. The highest BCUT2D eigenvalue weighted by Gasteiger charge is 1.82. The molecule has 5 heteroatoms. The Morgan fingerprint density at radius 2 is 2.38 bits per heavy atom. The topological polar surface area (TPSA) is 75.1 Å². The lowest BCUT2D eigenvalue weighted by Gasteiger charge is -1.79. The second-order valence-electron chi connectivity index (χ2n) is 0.754. The Morgan fingerprint density at radius 3 is 2.50 bits per heavy atom. The van der Waals surface area contributed by atoms with Crippen molar-refractivity contribution < 1.29 is 9.63 Å². The van der Waals surface area contributed by atoms with Crippen LogP contribution >= 0.6 is 0 Å². The number of rotatable bonds is 1. The molecule has 0 aliphatic heterocycles. The van der Waals surface area contributed by atoms with Crippen molar-refractivity contribution in [2.75, 3.05) is 0 Å². The van der Waals surface area contributed by atoms with Gasteiger partial charge in [0.15, 0.2) is 0 Å². The van der Waals surface area contributed by atoms with Gasteiger partial charge < -0.3 is 4.84 Å². The van der Waals surface area contributed by atoms with Gasteiger partial charge in [-0.15, -0.1) is 0 Å². The largest absolute Gasteiger partial charge is 0.359 e. The van der Waals surface area contributed by atoms with Gasteiger partial charge in [-0.3, -0.25) is 4.79 Å². The number of hydrogen-bond donors (Lipinski definition) is 0. The maximum Gasteiger partial charge on any atom is 0.314 e. The molecule has 0 fully saturated rings. The SMILES string of the molecule is C.CC(=O)ON=[N+]=[N-]. The average molecular weight is 117 g/mol. The van der Waals surface area contributed by atoms with Crippen LogP contribution < -0.4 is 0 Å². The van der Waals surface area contributed by atoms with Crippen molar-refractivity contribution in [3.8, 4) is 0 Å². The van der Waals surface area contributed by atoms with Crippen LogP contribution in [0.5, 0.6) is 0 Å². The Hall–Kier alpha value is -1.22. The second-order valence-corrected chi connectivity index (χ2v) is 0.754. The smallest absolute Gasteiger partial charge is 0.314 e. The summed E-state index contributed by atoms with van der Waals surface area (Å²) < 4.78 is 0. The van der Waals surface area contributed by atoms with Crippen LogP contribution in [0.15, 0.2) is 5.28 Å². The van der Waals surface area contributed by atoms with E-state index in [0.29, 0.717) is 0 Å². The van der Waals surface area contributed by atoms with Crippen LogP contribution in [0, 0.1) is 0 Å². The molecule has 0 spiro atoms. The summed E-state index contributed by atoms with van der Waals surface area (Å²) in [5, 5.41) is 2.50. The van der Waals surface area contributed by atoms with Crippen LogP contribution in [0.3, 0.4) is 0 Å². The summed E-state index contributed by atoms with van der Waals surface area (Å²) in [4.78, 5) is 15.6. The Balaban J connectivity index is 0. The zero-order chi connectivity index (χ0) is 5.70. The van der Waals surface area contributed by atoms with E-state index < -0.39 is 5.97 Å². The first-order valence-electron chi connectivity index (χ1n) is 1.49. The molecule has 0 aliphatic rings. The highest BCUT2D eigenvalue weighted by atomic mass is 16.7. The minimum absolute atomic E-state index is 0. The van der Waals surface area contributed by atoms with E-state index in [1.54, 1.807) is 0 Å². The summed E-state index contributed by atoms with van der Waals surface area (Å²) >= 11 is 0. The van der Waals surface area contributed by atoms with Crippen LogP contribution in [0.4, 0.5) is 0 Å². The van der Waals surface area contributed by atoms with E-state index in [-0.39, 0.29) is 7.43 Å². The van der Waals surface area contributed by atoms with E-state index >= 15 is 0 Å². The van der Waals surface area contributed by atoms with Crippen molar-refractivity contribution in [1.29, 1.82) is 0 Å². The molecule has 0 aromatic rings. The van der Waals surface area contributed by atoms with Crippen LogP contribution in [-0.2, 0) is 9.63 Å². The van der Waals surface area contributed by atoms with Gasteiger partial charge in [-0.2, -0.15) is 0 Å². The van der Waals surface area contributed by atoms with E-state index in [1.165, 1.54) is 0 Å². The van der Waals surface area contributed by atoms with Crippen molar-refractivity contribution in [3.63, 3.8) is 0 Å². The van der Waals surface area contributed by atoms with Crippen molar-refractivity contribution in [1.82, 2.24) is 0 Å². The molecule has 0 aromatic carbocycles. The van der Waals surface area contributed by atoms with E-state index in [4.69, 9.17) is 5.53 Å². The summed E-state index contributed by atoms with van der Waals surface area (Å²) in [6, 6.07) is 0. The first kappa shape index (κ1) is 9.91. The minimum Gasteiger partial charge on any atom is -0.359 e. The molecule has 0 saturated carbocycles. The van der Waals surface area contributed by atoms with Gasteiger partial charge in [0.05, 0.1) is 0 Å². The minimum atomic E-state index is -0.613. The van der Waals surface area contributed by atoms with E-state index in [9.17, 15) is 4.79 Å². The summed E-state index contributed by atoms with van der Waals surface area (Å²) in [6.45, 7) is 1.15. The predicted molar refractivity (Wildman–Crippen MR) is 27.6 cm³/mol. The highest BCUT2D eigenvalue weighted by molar-refractivity contribution is 5.65. The fourth-order valence-corrected chi connectivity index (χ4v) is 0.0757. The Kier molecular flexibility index (Phi) is 7.16. The molecule has 46 valence electrons. The van der Waals surface area contributed by atoms with Crippen molar-refractivity contribution in [3.05, 3.63) is 10.4 Å². The number of carbonyl (C=O) groups is 1. The molecular formula is C3H7N3O2. The van der Waals surface area contributed by atoms with E-state index in [2.05, 4.69) is 15.0 Å². The third kappa shape index (κ3) is 8.84. The highest BCUT2D eigenvalue weighted by Crippen LogP contribution is 1.74. The molecule has 0 bridgehead atoms. The molecule has 0 radical (unpaired) electrons. The molecule has 8 heavy (non-hydrogen) atoms. The molecule has 5 nitrogen and oxygen atoms in total. The summed E-state index contributed by atoms with van der Waals surface area (Å²) in [5.41, 5.74) is 7.50. The zero-order valence-corrected chi connectivity index (χ0v) is 3.66. The van der Waals surface area contributed by atoms with Gasteiger partial charge in [-0.25, -0.2) is 0 Å². The van der Waals surface area contributed by atoms with Crippen molar-refractivity contribution in [2.45, 2.75) is 14.4 Å². The first-order valence-corrected chi connectivity index (χ1v) is 1.49. The lowest BCUT2D eigenvalue weighted by Crippen LogP contribution is -1.87. The van der Waals surface area contributed by atoms with Gasteiger partial charge in [0, 0.05) is 11.8 Å². The lowest BCUT2D eigenvalue weighted by molar-refractivity contribution is -0.141. The van der Waals surface area contributed by atoms with Crippen molar-refractivity contribution >= 4 is 5.97 Å². The van der Waals surface area contributed by atoms with Gasteiger partial charge in [-0.05, 0) is 5.53 Å². The second kappa shape index (κ2) is 5.78. The van der Waals surface area contributed by atoms with Gasteiger partial charge in [0.25, 0.3) is 0 Å². The zero-order valence-electron chi connectivity index (χ0n) is 3.66. The van der Waals surface area contributed by atoms with E-state index in [0.717, 1.165) is 6.92 Å². The molecule has 0 amide bonds. The van der Waals surface area contributed by atoms with Gasteiger partial charge >= 0.3 is 5.97 Å². The third-order valence-electron chi connectivity index (χ3n) is 0.206. The van der Waals surface area contributed by atoms with Crippen molar-refractivity contribution in [2.24, 2.45) is 5.28 Å². The molecule has 0 saturated heterocycles. The van der Waals surface area contributed by atoms with Crippen LogP contribution in [0.25, 0.3) is 10.4 Å². The molecule has 0 unspecified atom stereocenters. The lowest BCUT2D eigenvalue weighted by atomic mass is 10.8. The summed E-state index contributed by atoms with van der Waals surface area (Å²) in [6.07, 6.45) is 0.